The minimum absolute atomic E-state index is 0.119. The highest BCUT2D eigenvalue weighted by Crippen LogP contribution is 2.35. The Kier molecular flexibility index (Phi) is 4.53. The lowest BCUT2D eigenvalue weighted by atomic mass is 9.97. The summed E-state index contributed by atoms with van der Waals surface area (Å²) >= 11 is 0. The van der Waals surface area contributed by atoms with Crippen LogP contribution in [0.5, 0.6) is 0 Å². The van der Waals surface area contributed by atoms with Crippen LogP contribution in [0, 0.1) is 6.92 Å². The second-order valence-corrected chi connectivity index (χ2v) is 7.96. The van der Waals surface area contributed by atoms with Crippen molar-refractivity contribution in [2.24, 2.45) is 0 Å². The van der Waals surface area contributed by atoms with Crippen molar-refractivity contribution in [3.8, 4) is 0 Å². The van der Waals surface area contributed by atoms with Crippen molar-refractivity contribution in [1.82, 2.24) is 4.31 Å². The molecule has 1 saturated heterocycles. The summed E-state index contributed by atoms with van der Waals surface area (Å²) in [4.78, 5) is 0.287. The maximum absolute atomic E-state index is 12.9. The average Bonchev–Trinajstić information content (AvgIpc) is 3.01. The van der Waals surface area contributed by atoms with E-state index < -0.39 is 10.0 Å². The van der Waals surface area contributed by atoms with Gasteiger partial charge in [-0.2, -0.15) is 4.31 Å². The van der Waals surface area contributed by atoms with E-state index in [1.807, 2.05) is 37.3 Å². The molecule has 0 aromatic heterocycles. The molecule has 1 fully saturated rings. The molecule has 2 aromatic carbocycles. The Hall–Kier alpha value is -1.69. The number of aryl methyl sites for hydroxylation is 1. The molecule has 1 aliphatic rings. The minimum atomic E-state index is -3.58. The number of aliphatic hydroxyl groups is 1. The number of aliphatic hydroxyl groups excluding tert-OH is 1. The first-order valence-electron chi connectivity index (χ1n) is 7.76. The lowest BCUT2D eigenvalue weighted by molar-refractivity contribution is 0.213. The van der Waals surface area contributed by atoms with E-state index in [1.54, 1.807) is 24.3 Å². The van der Waals surface area contributed by atoms with Gasteiger partial charge in [0, 0.05) is 12.6 Å². The summed E-state index contributed by atoms with van der Waals surface area (Å²) < 4.78 is 27.3. The molecule has 4 nitrogen and oxygen atoms in total. The Morgan fingerprint density at radius 2 is 1.74 bits per heavy atom. The summed E-state index contributed by atoms with van der Waals surface area (Å²) in [7, 11) is -3.58. The quantitative estimate of drug-likeness (QED) is 0.937. The molecule has 2 aromatic rings. The monoisotopic (exact) mass is 331 g/mol. The highest BCUT2D eigenvalue weighted by molar-refractivity contribution is 7.89. The zero-order chi connectivity index (χ0) is 16.4. The molecule has 23 heavy (non-hydrogen) atoms. The predicted molar refractivity (Wildman–Crippen MR) is 89.7 cm³/mol. The Labute approximate surface area is 137 Å². The molecule has 1 aliphatic heterocycles. The van der Waals surface area contributed by atoms with E-state index in [4.69, 9.17) is 0 Å². The second-order valence-electron chi connectivity index (χ2n) is 6.07. The molecule has 2 unspecified atom stereocenters. The van der Waals surface area contributed by atoms with Gasteiger partial charge in [0.1, 0.15) is 0 Å². The van der Waals surface area contributed by atoms with Crippen LogP contribution >= 0.6 is 0 Å². The van der Waals surface area contributed by atoms with E-state index in [2.05, 4.69) is 0 Å². The van der Waals surface area contributed by atoms with Gasteiger partial charge < -0.3 is 5.11 Å². The van der Waals surface area contributed by atoms with Crippen LogP contribution in [0.2, 0.25) is 0 Å². The molecular formula is C18H21NO3S. The van der Waals surface area contributed by atoms with Gasteiger partial charge in [-0.25, -0.2) is 8.42 Å². The number of nitrogens with zero attached hydrogens (tertiary/aromatic N) is 1. The largest absolute Gasteiger partial charge is 0.395 e. The van der Waals surface area contributed by atoms with Crippen LogP contribution < -0.4 is 0 Å². The van der Waals surface area contributed by atoms with Crippen molar-refractivity contribution in [2.75, 3.05) is 13.2 Å². The first-order valence-corrected chi connectivity index (χ1v) is 9.20. The van der Waals surface area contributed by atoms with Gasteiger partial charge >= 0.3 is 0 Å². The molecule has 5 heteroatoms. The average molecular weight is 331 g/mol. The molecule has 3 rings (SSSR count). The van der Waals surface area contributed by atoms with Gasteiger partial charge in [-0.1, -0.05) is 48.0 Å². The van der Waals surface area contributed by atoms with E-state index in [1.165, 1.54) is 4.31 Å². The van der Waals surface area contributed by atoms with E-state index in [-0.39, 0.29) is 23.5 Å². The van der Waals surface area contributed by atoms with Gasteiger partial charge in [0.2, 0.25) is 10.0 Å². The smallest absolute Gasteiger partial charge is 0.243 e. The number of sulfonamides is 1. The first-order chi connectivity index (χ1) is 11.0. The standard InChI is InChI=1S/C18H21NO3S/c1-14-7-9-18(10-8-14)23(21,22)19-12-16(11-17(19)13-20)15-5-3-2-4-6-15/h2-10,16-17,20H,11-13H2,1H3. The third-order valence-corrected chi connectivity index (χ3v) is 6.41. The summed E-state index contributed by atoms with van der Waals surface area (Å²) in [5.74, 6) is 0.119. The lowest BCUT2D eigenvalue weighted by Crippen LogP contribution is -2.37. The van der Waals surface area contributed by atoms with Gasteiger partial charge in [0.25, 0.3) is 0 Å². The van der Waals surface area contributed by atoms with Gasteiger partial charge in [-0.15, -0.1) is 0 Å². The summed E-state index contributed by atoms with van der Waals surface area (Å²) in [6.45, 7) is 2.17. The second kappa shape index (κ2) is 6.43. The van der Waals surface area contributed by atoms with Gasteiger partial charge in [-0.05, 0) is 37.0 Å². The third-order valence-electron chi connectivity index (χ3n) is 4.47. The number of benzene rings is 2. The predicted octanol–water partition coefficient (Wildman–Crippen LogP) is 2.53. The van der Waals surface area contributed by atoms with Crippen molar-refractivity contribution >= 4 is 10.0 Å². The maximum Gasteiger partial charge on any atom is 0.243 e. The third kappa shape index (κ3) is 3.17. The fourth-order valence-electron chi connectivity index (χ4n) is 3.16. The van der Waals surface area contributed by atoms with Crippen molar-refractivity contribution < 1.29 is 13.5 Å². The van der Waals surface area contributed by atoms with Crippen LogP contribution in [-0.4, -0.2) is 37.0 Å². The topological polar surface area (TPSA) is 57.6 Å². The highest BCUT2D eigenvalue weighted by Gasteiger charge is 2.40. The van der Waals surface area contributed by atoms with Crippen LogP contribution in [-0.2, 0) is 10.0 Å². The summed E-state index contributed by atoms with van der Waals surface area (Å²) in [6, 6.07) is 16.4. The normalized spacial score (nSPS) is 22.3. The van der Waals surface area contributed by atoms with Crippen LogP contribution in [0.1, 0.15) is 23.5 Å². The van der Waals surface area contributed by atoms with E-state index in [0.29, 0.717) is 13.0 Å². The van der Waals surface area contributed by atoms with E-state index in [0.717, 1.165) is 11.1 Å². The first kappa shape index (κ1) is 16.2. The fraction of sp³-hybridized carbons (Fsp3) is 0.333. The number of hydrogen-bond donors (Lipinski definition) is 1. The molecule has 0 aliphatic carbocycles. The zero-order valence-corrected chi connectivity index (χ0v) is 13.9. The molecule has 0 bridgehead atoms. The highest BCUT2D eigenvalue weighted by atomic mass is 32.2. The Morgan fingerprint density at radius 3 is 2.35 bits per heavy atom. The molecule has 1 heterocycles. The van der Waals surface area contributed by atoms with Crippen molar-refractivity contribution in [1.29, 1.82) is 0 Å². The van der Waals surface area contributed by atoms with Crippen LogP contribution in [0.25, 0.3) is 0 Å². The minimum Gasteiger partial charge on any atom is -0.395 e. The summed E-state index contributed by atoms with van der Waals surface area (Å²) in [6.07, 6.45) is 0.644. The Morgan fingerprint density at radius 1 is 1.09 bits per heavy atom. The van der Waals surface area contributed by atoms with E-state index >= 15 is 0 Å². The Balaban J connectivity index is 1.90. The fourth-order valence-corrected chi connectivity index (χ4v) is 4.83. The molecule has 122 valence electrons. The molecule has 2 atom stereocenters. The summed E-state index contributed by atoms with van der Waals surface area (Å²) in [5, 5.41) is 9.65. The van der Waals surface area contributed by atoms with Crippen molar-refractivity contribution in [3.63, 3.8) is 0 Å². The van der Waals surface area contributed by atoms with Crippen molar-refractivity contribution in [2.45, 2.75) is 30.2 Å². The molecular weight excluding hydrogens is 310 g/mol. The Bertz CT molecular complexity index is 757. The van der Waals surface area contributed by atoms with Gasteiger partial charge in [0.05, 0.1) is 11.5 Å². The lowest BCUT2D eigenvalue weighted by Gasteiger charge is -2.22. The number of hydrogen-bond acceptors (Lipinski definition) is 3. The van der Waals surface area contributed by atoms with Crippen LogP contribution in [0.4, 0.5) is 0 Å². The summed E-state index contributed by atoms with van der Waals surface area (Å²) in [5.41, 5.74) is 2.14. The SMILES string of the molecule is Cc1ccc(S(=O)(=O)N2CC(c3ccccc3)CC2CO)cc1. The number of rotatable bonds is 4. The van der Waals surface area contributed by atoms with Crippen LogP contribution in [0.3, 0.4) is 0 Å². The molecule has 0 spiro atoms. The maximum atomic E-state index is 12.9. The molecule has 0 saturated carbocycles. The van der Waals surface area contributed by atoms with Crippen molar-refractivity contribution in [3.05, 3.63) is 65.7 Å². The van der Waals surface area contributed by atoms with E-state index in [9.17, 15) is 13.5 Å². The van der Waals surface area contributed by atoms with Gasteiger partial charge in [-0.3, -0.25) is 0 Å². The van der Waals surface area contributed by atoms with Gasteiger partial charge in [0.15, 0.2) is 0 Å². The zero-order valence-electron chi connectivity index (χ0n) is 13.1. The van der Waals surface area contributed by atoms with Crippen LogP contribution in [0.15, 0.2) is 59.5 Å². The molecule has 0 radical (unpaired) electrons. The molecule has 0 amide bonds. The molecule has 1 N–H and O–H groups in total.